The van der Waals surface area contributed by atoms with Gasteiger partial charge in [0.2, 0.25) is 5.95 Å². The van der Waals surface area contributed by atoms with Crippen LogP contribution in [0.3, 0.4) is 0 Å². The molecule has 0 unspecified atom stereocenters. The van der Waals surface area contributed by atoms with E-state index >= 15 is 0 Å². The predicted octanol–water partition coefficient (Wildman–Crippen LogP) is 6.18. The Morgan fingerprint density at radius 1 is 0.938 bits per heavy atom. The third-order valence-corrected chi connectivity index (χ3v) is 5.09. The fraction of sp³-hybridized carbons (Fsp3) is 0.261. The van der Waals surface area contributed by atoms with E-state index in [4.69, 9.17) is 10.00 Å². The smallest absolute Gasteiger partial charge is 0.421 e. The van der Waals surface area contributed by atoms with Crippen LogP contribution in [-0.2, 0) is 6.18 Å². The first-order valence-electron chi connectivity index (χ1n) is 10.2. The number of nitriles is 1. The van der Waals surface area contributed by atoms with Crippen molar-refractivity contribution in [2.24, 2.45) is 0 Å². The number of nitrogens with zero attached hydrogens (tertiary/aromatic N) is 3. The van der Waals surface area contributed by atoms with E-state index in [1.807, 2.05) is 6.07 Å². The van der Waals surface area contributed by atoms with E-state index in [-0.39, 0.29) is 17.9 Å². The Balaban J connectivity index is 1.53. The van der Waals surface area contributed by atoms with Gasteiger partial charge in [-0.2, -0.15) is 23.4 Å². The number of halogens is 3. The van der Waals surface area contributed by atoms with Crippen LogP contribution < -0.4 is 15.4 Å². The van der Waals surface area contributed by atoms with Crippen molar-refractivity contribution in [1.29, 1.82) is 5.26 Å². The van der Waals surface area contributed by atoms with Crippen LogP contribution in [0.2, 0.25) is 0 Å². The summed E-state index contributed by atoms with van der Waals surface area (Å²) in [6.07, 6.45) is 0.646. The molecule has 164 valence electrons. The van der Waals surface area contributed by atoms with E-state index in [1.165, 1.54) is 0 Å². The first-order chi connectivity index (χ1) is 15.4. The van der Waals surface area contributed by atoms with E-state index in [0.717, 1.165) is 31.9 Å². The highest BCUT2D eigenvalue weighted by molar-refractivity contribution is 5.63. The van der Waals surface area contributed by atoms with E-state index < -0.39 is 11.7 Å². The number of benzene rings is 2. The molecular weight excluding hydrogens is 419 g/mol. The van der Waals surface area contributed by atoms with Gasteiger partial charge in [-0.3, -0.25) is 0 Å². The normalized spacial score (nSPS) is 14.1. The van der Waals surface area contributed by atoms with Crippen molar-refractivity contribution < 1.29 is 17.9 Å². The molecule has 1 fully saturated rings. The van der Waals surface area contributed by atoms with Crippen molar-refractivity contribution in [2.45, 2.75) is 38.0 Å². The Bertz CT molecular complexity index is 1100. The highest BCUT2D eigenvalue weighted by Gasteiger charge is 2.35. The second-order valence-corrected chi connectivity index (χ2v) is 7.44. The van der Waals surface area contributed by atoms with Crippen LogP contribution in [0.15, 0.2) is 54.7 Å². The van der Waals surface area contributed by atoms with Gasteiger partial charge in [0.15, 0.2) is 0 Å². The molecule has 0 aliphatic heterocycles. The molecule has 0 saturated heterocycles. The number of alkyl halides is 3. The molecule has 6 nitrogen and oxygen atoms in total. The average Bonchev–Trinajstić information content (AvgIpc) is 3.28. The summed E-state index contributed by atoms with van der Waals surface area (Å²) in [4.78, 5) is 7.82. The first-order valence-corrected chi connectivity index (χ1v) is 10.2. The minimum absolute atomic E-state index is 0.00797. The van der Waals surface area contributed by atoms with E-state index in [2.05, 4.69) is 20.6 Å². The van der Waals surface area contributed by atoms with Gasteiger partial charge in [-0.05, 0) is 74.2 Å². The molecule has 2 aromatic carbocycles. The van der Waals surface area contributed by atoms with E-state index in [9.17, 15) is 13.2 Å². The molecule has 0 amide bonds. The molecule has 1 aliphatic carbocycles. The maximum Gasteiger partial charge on any atom is 0.421 e. The summed E-state index contributed by atoms with van der Waals surface area (Å²) in [7, 11) is 0. The zero-order chi connectivity index (χ0) is 22.6. The molecule has 32 heavy (non-hydrogen) atoms. The predicted molar refractivity (Wildman–Crippen MR) is 114 cm³/mol. The van der Waals surface area contributed by atoms with Gasteiger partial charge < -0.3 is 15.4 Å². The summed E-state index contributed by atoms with van der Waals surface area (Å²) >= 11 is 0. The highest BCUT2D eigenvalue weighted by Crippen LogP contribution is 2.35. The molecule has 2 N–H and O–H groups in total. The molecule has 1 saturated carbocycles. The molecule has 1 aliphatic rings. The lowest BCUT2D eigenvalue weighted by molar-refractivity contribution is -0.137. The largest absolute Gasteiger partial charge is 0.490 e. The number of nitrogens with one attached hydrogen (secondary N) is 2. The lowest BCUT2D eigenvalue weighted by atomic mass is 10.2. The monoisotopic (exact) mass is 439 g/mol. The zero-order valence-electron chi connectivity index (χ0n) is 17.0. The van der Waals surface area contributed by atoms with Gasteiger partial charge in [-0.1, -0.05) is 0 Å². The third kappa shape index (κ3) is 5.27. The number of ether oxygens (including phenoxy) is 1. The van der Waals surface area contributed by atoms with Crippen molar-refractivity contribution in [3.8, 4) is 11.8 Å². The first kappa shape index (κ1) is 21.4. The maximum atomic E-state index is 13.5. The molecule has 1 heterocycles. The SMILES string of the molecule is N#Cc1ccc(Nc2ncc(C(F)(F)F)c(Nc3ccc(OC4CCCC4)cc3)n2)cc1. The topological polar surface area (TPSA) is 82.9 Å². The van der Waals surface area contributed by atoms with Crippen LogP contribution in [0.5, 0.6) is 5.75 Å². The number of hydrogen-bond acceptors (Lipinski definition) is 6. The molecular formula is C23H20F3N5O. The van der Waals surface area contributed by atoms with Gasteiger partial charge in [-0.15, -0.1) is 0 Å². The third-order valence-electron chi connectivity index (χ3n) is 5.09. The van der Waals surface area contributed by atoms with Gasteiger partial charge in [0.1, 0.15) is 17.1 Å². The number of aromatic nitrogens is 2. The molecule has 0 spiro atoms. The zero-order valence-corrected chi connectivity index (χ0v) is 17.0. The Morgan fingerprint density at radius 3 is 2.19 bits per heavy atom. The van der Waals surface area contributed by atoms with Crippen molar-refractivity contribution in [1.82, 2.24) is 9.97 Å². The number of hydrogen-bond donors (Lipinski definition) is 2. The number of anilines is 4. The summed E-state index contributed by atoms with van der Waals surface area (Å²) in [6.45, 7) is 0. The molecule has 9 heteroatoms. The van der Waals surface area contributed by atoms with E-state index in [1.54, 1.807) is 48.5 Å². The Morgan fingerprint density at radius 2 is 1.56 bits per heavy atom. The lowest BCUT2D eigenvalue weighted by Gasteiger charge is -2.16. The van der Waals surface area contributed by atoms with Gasteiger partial charge in [0.25, 0.3) is 0 Å². The average molecular weight is 439 g/mol. The van der Waals surface area contributed by atoms with Crippen molar-refractivity contribution in [3.63, 3.8) is 0 Å². The van der Waals surface area contributed by atoms with Crippen LogP contribution >= 0.6 is 0 Å². The summed E-state index contributed by atoms with van der Waals surface area (Å²) < 4.78 is 46.4. The van der Waals surface area contributed by atoms with E-state index in [0.29, 0.717) is 22.7 Å². The van der Waals surface area contributed by atoms with Crippen LogP contribution in [0.25, 0.3) is 0 Å². The van der Waals surface area contributed by atoms with Gasteiger partial charge >= 0.3 is 6.18 Å². The Kier molecular flexibility index (Phi) is 6.12. The summed E-state index contributed by atoms with van der Waals surface area (Å²) in [5.74, 6) is 0.309. The molecule has 1 aromatic heterocycles. The molecule has 4 rings (SSSR count). The van der Waals surface area contributed by atoms with Gasteiger partial charge in [0, 0.05) is 17.6 Å². The molecule has 0 atom stereocenters. The Hall–Kier alpha value is -3.80. The summed E-state index contributed by atoms with van der Waals surface area (Å²) in [6, 6.07) is 15.2. The Labute approximate surface area is 183 Å². The fourth-order valence-electron chi connectivity index (χ4n) is 3.45. The lowest BCUT2D eigenvalue weighted by Crippen LogP contribution is -2.13. The van der Waals surface area contributed by atoms with Crippen LogP contribution in [0.4, 0.5) is 36.3 Å². The quantitative estimate of drug-likeness (QED) is 0.478. The van der Waals surface area contributed by atoms with Crippen molar-refractivity contribution in [2.75, 3.05) is 10.6 Å². The van der Waals surface area contributed by atoms with Crippen LogP contribution in [-0.4, -0.2) is 16.1 Å². The summed E-state index contributed by atoms with van der Waals surface area (Å²) in [5.41, 5.74) is 0.473. The van der Waals surface area contributed by atoms with Crippen molar-refractivity contribution >= 4 is 23.1 Å². The minimum Gasteiger partial charge on any atom is -0.490 e. The highest BCUT2D eigenvalue weighted by atomic mass is 19.4. The molecule has 3 aromatic rings. The molecule has 0 bridgehead atoms. The van der Waals surface area contributed by atoms with Crippen molar-refractivity contribution in [3.05, 3.63) is 65.9 Å². The standard InChI is InChI=1S/C23H20F3N5O/c24-23(25,26)20-14-28-22(30-17-7-5-15(13-27)6-8-17)31-21(20)29-16-9-11-19(12-10-16)32-18-3-1-2-4-18/h5-12,14,18H,1-4H2,(H2,28,29,30,31). The minimum atomic E-state index is -4.62. The fourth-order valence-corrected chi connectivity index (χ4v) is 3.45. The molecule has 0 radical (unpaired) electrons. The van der Waals surface area contributed by atoms with Gasteiger partial charge in [-0.25, -0.2) is 4.98 Å². The van der Waals surface area contributed by atoms with Crippen LogP contribution in [0, 0.1) is 11.3 Å². The number of rotatable bonds is 6. The second kappa shape index (κ2) is 9.14. The second-order valence-electron chi connectivity index (χ2n) is 7.44. The summed E-state index contributed by atoms with van der Waals surface area (Å²) in [5, 5.41) is 14.5. The van der Waals surface area contributed by atoms with Gasteiger partial charge in [0.05, 0.1) is 17.7 Å². The van der Waals surface area contributed by atoms with Crippen LogP contribution in [0.1, 0.15) is 36.8 Å². The maximum absolute atomic E-state index is 13.5.